The Bertz CT molecular complexity index is 546. The highest BCUT2D eigenvalue weighted by Gasteiger charge is 2.22. The average Bonchev–Trinajstić information content (AvgIpc) is 2.37. The van der Waals surface area contributed by atoms with Crippen molar-refractivity contribution in [2.45, 2.75) is 25.7 Å². The van der Waals surface area contributed by atoms with Gasteiger partial charge < -0.3 is 5.32 Å². The van der Waals surface area contributed by atoms with Crippen molar-refractivity contribution in [3.63, 3.8) is 0 Å². The van der Waals surface area contributed by atoms with E-state index in [1.807, 2.05) is 19.2 Å². The summed E-state index contributed by atoms with van der Waals surface area (Å²) in [6.45, 7) is 5.60. The number of rotatable bonds is 4. The van der Waals surface area contributed by atoms with E-state index >= 15 is 0 Å². The molecule has 1 nitrogen and oxygen atoms in total. The summed E-state index contributed by atoms with van der Waals surface area (Å²) in [4.78, 5) is 0. The van der Waals surface area contributed by atoms with Crippen LogP contribution in [0.4, 0.5) is 0 Å². The van der Waals surface area contributed by atoms with E-state index in [0.717, 1.165) is 23.4 Å². The van der Waals surface area contributed by atoms with E-state index in [1.54, 1.807) is 0 Å². The monoisotopic (exact) mass is 261 g/mol. The van der Waals surface area contributed by atoms with Gasteiger partial charge in [0.05, 0.1) is 0 Å². The van der Waals surface area contributed by atoms with E-state index in [0.29, 0.717) is 0 Å². The second-order valence-corrected chi connectivity index (χ2v) is 5.79. The second-order valence-electron chi connectivity index (χ2n) is 5.38. The summed E-state index contributed by atoms with van der Waals surface area (Å²) in [5.41, 5.74) is 1.52. The number of benzene rings is 2. The van der Waals surface area contributed by atoms with Crippen LogP contribution in [0.1, 0.15) is 25.8 Å². The lowest BCUT2D eigenvalue weighted by Crippen LogP contribution is -2.23. The minimum Gasteiger partial charge on any atom is -0.320 e. The van der Waals surface area contributed by atoms with Crippen molar-refractivity contribution in [3.8, 4) is 0 Å². The van der Waals surface area contributed by atoms with Crippen LogP contribution in [0.2, 0.25) is 5.02 Å². The summed E-state index contributed by atoms with van der Waals surface area (Å²) in [5, 5.41) is 6.48. The highest BCUT2D eigenvalue weighted by atomic mass is 35.5. The maximum Gasteiger partial charge on any atom is 0.0484 e. The molecule has 0 atom stereocenters. The second kappa shape index (κ2) is 5.29. The van der Waals surface area contributed by atoms with Gasteiger partial charge >= 0.3 is 0 Å². The first kappa shape index (κ1) is 13.4. The van der Waals surface area contributed by atoms with Gasteiger partial charge in [-0.05, 0) is 42.4 Å². The number of hydrogen-bond acceptors (Lipinski definition) is 1. The first-order chi connectivity index (χ1) is 8.56. The summed E-state index contributed by atoms with van der Waals surface area (Å²) >= 11 is 6.27. The van der Waals surface area contributed by atoms with Crippen LogP contribution < -0.4 is 5.32 Å². The normalized spacial score (nSPS) is 12.0. The van der Waals surface area contributed by atoms with E-state index in [-0.39, 0.29) is 5.41 Å². The number of hydrogen-bond donors (Lipinski definition) is 1. The quantitative estimate of drug-likeness (QED) is 0.861. The third-order valence-corrected chi connectivity index (χ3v) is 3.93. The van der Waals surface area contributed by atoms with E-state index in [9.17, 15) is 0 Å². The van der Waals surface area contributed by atoms with Gasteiger partial charge in [0, 0.05) is 10.4 Å². The summed E-state index contributed by atoms with van der Waals surface area (Å²) in [7, 11) is 2.00. The largest absolute Gasteiger partial charge is 0.320 e. The minimum atomic E-state index is 0.146. The predicted molar refractivity (Wildman–Crippen MR) is 80.5 cm³/mol. The lowest BCUT2D eigenvalue weighted by Gasteiger charge is -2.27. The van der Waals surface area contributed by atoms with Crippen molar-refractivity contribution >= 4 is 22.4 Å². The third-order valence-electron chi connectivity index (χ3n) is 3.60. The van der Waals surface area contributed by atoms with Crippen molar-refractivity contribution in [3.05, 3.63) is 47.0 Å². The molecular weight excluding hydrogens is 242 g/mol. The molecule has 1 N–H and O–H groups in total. The van der Waals surface area contributed by atoms with Crippen LogP contribution in [0.25, 0.3) is 10.8 Å². The molecule has 0 heterocycles. The Hall–Kier alpha value is -1.05. The summed E-state index contributed by atoms with van der Waals surface area (Å²) < 4.78 is 0. The molecule has 0 aliphatic rings. The lowest BCUT2D eigenvalue weighted by atomic mass is 9.79. The zero-order chi connectivity index (χ0) is 13.2. The molecule has 2 aromatic rings. The summed E-state index contributed by atoms with van der Waals surface area (Å²) in [6.07, 6.45) is 1.11. The smallest absolute Gasteiger partial charge is 0.0484 e. The number of nitrogens with one attached hydrogen (secondary N) is 1. The highest BCUT2D eigenvalue weighted by molar-refractivity contribution is 6.35. The molecule has 0 fully saturated rings. The summed E-state index contributed by atoms with van der Waals surface area (Å²) in [5.74, 6) is 0. The molecule has 2 aromatic carbocycles. The van der Waals surface area contributed by atoms with Gasteiger partial charge in [-0.15, -0.1) is 0 Å². The molecule has 0 spiro atoms. The van der Waals surface area contributed by atoms with Crippen LogP contribution >= 0.6 is 11.6 Å². The highest BCUT2D eigenvalue weighted by Crippen LogP contribution is 2.35. The van der Waals surface area contributed by atoms with Gasteiger partial charge in [-0.1, -0.05) is 55.8 Å². The Balaban J connectivity index is 2.54. The van der Waals surface area contributed by atoms with E-state index in [2.05, 4.69) is 43.4 Å². The standard InChI is InChI=1S/C16H20ClN/c1-16(2,10-11-18-3)14-8-9-15(17)13-7-5-4-6-12(13)14/h4-9,18H,10-11H2,1-3H3. The van der Waals surface area contributed by atoms with Gasteiger partial charge in [0.2, 0.25) is 0 Å². The van der Waals surface area contributed by atoms with Gasteiger partial charge in [0.25, 0.3) is 0 Å². The molecule has 0 bridgehead atoms. The molecule has 0 aliphatic heterocycles. The van der Waals surface area contributed by atoms with Crippen molar-refractivity contribution in [1.82, 2.24) is 5.32 Å². The Kier molecular flexibility index (Phi) is 3.94. The predicted octanol–water partition coefficient (Wildman–Crippen LogP) is 4.38. The maximum atomic E-state index is 6.27. The van der Waals surface area contributed by atoms with Crippen molar-refractivity contribution in [1.29, 1.82) is 0 Å². The fourth-order valence-electron chi connectivity index (χ4n) is 2.42. The molecule has 2 rings (SSSR count). The zero-order valence-corrected chi connectivity index (χ0v) is 12.0. The Morgan fingerprint density at radius 1 is 1.06 bits per heavy atom. The van der Waals surface area contributed by atoms with Gasteiger partial charge in [0.1, 0.15) is 0 Å². The molecule has 96 valence electrons. The fourth-order valence-corrected chi connectivity index (χ4v) is 2.65. The van der Waals surface area contributed by atoms with Crippen molar-refractivity contribution in [2.75, 3.05) is 13.6 Å². The molecule has 0 saturated heterocycles. The summed E-state index contributed by atoms with van der Waals surface area (Å²) in [6, 6.07) is 12.6. The lowest BCUT2D eigenvalue weighted by molar-refractivity contribution is 0.472. The van der Waals surface area contributed by atoms with E-state index in [1.165, 1.54) is 10.9 Å². The number of halogens is 1. The average molecular weight is 262 g/mol. The van der Waals surface area contributed by atoms with Crippen LogP contribution in [-0.2, 0) is 5.41 Å². The third kappa shape index (κ3) is 2.52. The van der Waals surface area contributed by atoms with Crippen LogP contribution in [0.3, 0.4) is 0 Å². The molecule has 2 heteroatoms. The fraction of sp³-hybridized carbons (Fsp3) is 0.375. The molecule has 0 aliphatic carbocycles. The van der Waals surface area contributed by atoms with Crippen LogP contribution in [0.5, 0.6) is 0 Å². The van der Waals surface area contributed by atoms with Gasteiger partial charge in [0.15, 0.2) is 0 Å². The number of fused-ring (bicyclic) bond motifs is 1. The molecule has 0 amide bonds. The Morgan fingerprint density at radius 3 is 2.39 bits per heavy atom. The SMILES string of the molecule is CNCCC(C)(C)c1ccc(Cl)c2ccccc12. The maximum absolute atomic E-state index is 6.27. The van der Waals surface area contributed by atoms with Gasteiger partial charge in [-0.3, -0.25) is 0 Å². The Labute approximate surface area is 114 Å². The van der Waals surface area contributed by atoms with Gasteiger partial charge in [-0.2, -0.15) is 0 Å². The minimum absolute atomic E-state index is 0.146. The van der Waals surface area contributed by atoms with E-state index in [4.69, 9.17) is 11.6 Å². The molecule has 0 saturated carbocycles. The van der Waals surface area contributed by atoms with Gasteiger partial charge in [-0.25, -0.2) is 0 Å². The molecule has 18 heavy (non-hydrogen) atoms. The van der Waals surface area contributed by atoms with Crippen molar-refractivity contribution < 1.29 is 0 Å². The molecule has 0 aromatic heterocycles. The first-order valence-corrected chi connectivity index (χ1v) is 6.76. The van der Waals surface area contributed by atoms with E-state index < -0.39 is 0 Å². The Morgan fingerprint density at radius 2 is 1.72 bits per heavy atom. The van der Waals surface area contributed by atoms with Crippen molar-refractivity contribution in [2.24, 2.45) is 0 Å². The van der Waals surface area contributed by atoms with Crippen LogP contribution in [0.15, 0.2) is 36.4 Å². The molecular formula is C16H20ClN. The molecule has 0 radical (unpaired) electrons. The van der Waals surface area contributed by atoms with Crippen LogP contribution in [0, 0.1) is 0 Å². The first-order valence-electron chi connectivity index (χ1n) is 6.38. The van der Waals surface area contributed by atoms with Crippen LogP contribution in [-0.4, -0.2) is 13.6 Å². The zero-order valence-electron chi connectivity index (χ0n) is 11.3. The molecule has 0 unspecified atom stereocenters. The topological polar surface area (TPSA) is 12.0 Å².